The molecule has 0 atom stereocenters. The summed E-state index contributed by atoms with van der Waals surface area (Å²) < 4.78 is 9.28. The molecule has 0 fully saturated rings. The SMILES string of the molecule is C=CC(=O)OCCOC(=O)/C(=C/C(=C)C=O)C(=C)O. The Balaban J connectivity index is 4.43. The highest BCUT2D eigenvalue weighted by atomic mass is 16.6. The van der Waals surface area contributed by atoms with Gasteiger partial charge in [0, 0.05) is 11.6 Å². The Hall–Kier alpha value is -2.63. The van der Waals surface area contributed by atoms with E-state index in [-0.39, 0.29) is 24.4 Å². The Kier molecular flexibility index (Phi) is 7.29. The van der Waals surface area contributed by atoms with E-state index in [1.807, 2.05) is 0 Å². The zero-order valence-electron chi connectivity index (χ0n) is 10.3. The number of rotatable bonds is 8. The van der Waals surface area contributed by atoms with Crippen LogP contribution in [0.3, 0.4) is 0 Å². The molecule has 0 aromatic rings. The maximum Gasteiger partial charge on any atom is 0.342 e. The van der Waals surface area contributed by atoms with Crippen LogP contribution in [0.2, 0.25) is 0 Å². The summed E-state index contributed by atoms with van der Waals surface area (Å²) in [4.78, 5) is 32.6. The lowest BCUT2D eigenvalue weighted by molar-refractivity contribution is -0.146. The Bertz CT molecular complexity index is 444. The first-order valence-electron chi connectivity index (χ1n) is 5.12. The highest BCUT2D eigenvalue weighted by molar-refractivity contribution is 5.95. The average Bonchev–Trinajstić information content (AvgIpc) is 2.39. The van der Waals surface area contributed by atoms with E-state index in [1.54, 1.807) is 0 Å². The number of ether oxygens (including phenoxy) is 2. The molecule has 0 saturated carbocycles. The second-order valence-corrected chi connectivity index (χ2v) is 3.21. The molecule has 0 bridgehead atoms. The van der Waals surface area contributed by atoms with Crippen molar-refractivity contribution in [3.63, 3.8) is 0 Å². The van der Waals surface area contributed by atoms with Crippen molar-refractivity contribution in [1.29, 1.82) is 0 Å². The van der Waals surface area contributed by atoms with Gasteiger partial charge in [0.2, 0.25) is 0 Å². The first-order valence-corrected chi connectivity index (χ1v) is 5.12. The minimum Gasteiger partial charge on any atom is -0.508 e. The monoisotopic (exact) mass is 266 g/mol. The molecule has 0 aliphatic heterocycles. The highest BCUT2D eigenvalue weighted by Crippen LogP contribution is 2.09. The summed E-state index contributed by atoms with van der Waals surface area (Å²) in [7, 11) is 0. The van der Waals surface area contributed by atoms with Gasteiger partial charge in [-0.3, -0.25) is 4.79 Å². The molecule has 19 heavy (non-hydrogen) atoms. The predicted octanol–water partition coefficient (Wildman–Crippen LogP) is 1.01. The number of esters is 2. The number of aliphatic hydroxyl groups excluding tert-OH is 1. The van der Waals surface area contributed by atoms with Crippen molar-refractivity contribution in [3.8, 4) is 0 Å². The summed E-state index contributed by atoms with van der Waals surface area (Å²) in [6.07, 6.45) is 2.41. The molecule has 0 rings (SSSR count). The van der Waals surface area contributed by atoms with Gasteiger partial charge >= 0.3 is 11.9 Å². The van der Waals surface area contributed by atoms with Gasteiger partial charge in [-0.15, -0.1) is 0 Å². The van der Waals surface area contributed by atoms with E-state index in [1.165, 1.54) is 0 Å². The lowest BCUT2D eigenvalue weighted by Crippen LogP contribution is -2.15. The zero-order chi connectivity index (χ0) is 14.8. The molecule has 6 heteroatoms. The molecular weight excluding hydrogens is 252 g/mol. The van der Waals surface area contributed by atoms with E-state index in [0.29, 0.717) is 6.29 Å². The maximum atomic E-state index is 11.5. The molecule has 0 radical (unpaired) electrons. The molecule has 0 unspecified atom stereocenters. The van der Waals surface area contributed by atoms with Crippen LogP contribution in [0.4, 0.5) is 0 Å². The van der Waals surface area contributed by atoms with Crippen molar-refractivity contribution in [3.05, 3.63) is 48.8 Å². The molecule has 1 N–H and O–H groups in total. The first kappa shape index (κ1) is 16.4. The third-order valence-corrected chi connectivity index (χ3v) is 1.74. The van der Waals surface area contributed by atoms with E-state index >= 15 is 0 Å². The Morgan fingerprint density at radius 1 is 1.16 bits per heavy atom. The molecule has 0 saturated heterocycles. The lowest BCUT2D eigenvalue weighted by Gasteiger charge is -2.07. The van der Waals surface area contributed by atoms with Gasteiger partial charge in [-0.05, 0) is 6.08 Å². The lowest BCUT2D eigenvalue weighted by atomic mass is 10.1. The van der Waals surface area contributed by atoms with Crippen LogP contribution in [0.5, 0.6) is 0 Å². The molecule has 102 valence electrons. The molecule has 6 nitrogen and oxygen atoms in total. The summed E-state index contributed by atoms with van der Waals surface area (Å²) in [5, 5.41) is 9.19. The van der Waals surface area contributed by atoms with Gasteiger partial charge in [-0.2, -0.15) is 0 Å². The minimum absolute atomic E-state index is 0.0276. The van der Waals surface area contributed by atoms with Gasteiger partial charge in [-0.25, -0.2) is 9.59 Å². The Morgan fingerprint density at radius 3 is 2.21 bits per heavy atom. The average molecular weight is 266 g/mol. The number of hydrogen-bond donors (Lipinski definition) is 1. The van der Waals surface area contributed by atoms with Crippen molar-refractivity contribution >= 4 is 18.2 Å². The zero-order valence-corrected chi connectivity index (χ0v) is 10.3. The highest BCUT2D eigenvalue weighted by Gasteiger charge is 2.14. The van der Waals surface area contributed by atoms with Crippen molar-refractivity contribution in [2.45, 2.75) is 0 Å². The van der Waals surface area contributed by atoms with E-state index in [9.17, 15) is 19.5 Å². The van der Waals surface area contributed by atoms with Crippen molar-refractivity contribution in [2.75, 3.05) is 13.2 Å². The number of aldehydes is 1. The smallest absolute Gasteiger partial charge is 0.342 e. The number of aliphatic hydroxyl groups is 1. The van der Waals surface area contributed by atoms with Crippen LogP contribution in [0.1, 0.15) is 0 Å². The summed E-state index contributed by atoms with van der Waals surface area (Å²) in [5.74, 6) is -2.12. The fourth-order valence-corrected chi connectivity index (χ4v) is 0.893. The summed E-state index contributed by atoms with van der Waals surface area (Å²) >= 11 is 0. The molecule has 0 aliphatic carbocycles. The standard InChI is InChI=1S/C13H14O6/c1-4-12(16)18-5-6-19-13(17)11(10(3)15)7-9(2)8-14/h4,7-8,15H,1-3,5-6H2/b11-7+. The normalized spacial score (nSPS) is 10.2. The molecule has 0 aromatic carbocycles. The second kappa shape index (κ2) is 8.46. The maximum absolute atomic E-state index is 11.5. The fourth-order valence-electron chi connectivity index (χ4n) is 0.893. The van der Waals surface area contributed by atoms with E-state index in [2.05, 4.69) is 24.5 Å². The number of hydrogen-bond acceptors (Lipinski definition) is 6. The molecule has 0 aromatic heterocycles. The predicted molar refractivity (Wildman–Crippen MR) is 67.2 cm³/mol. The van der Waals surface area contributed by atoms with Gasteiger partial charge in [-0.1, -0.05) is 19.7 Å². The number of carbonyl (C=O) groups is 3. The van der Waals surface area contributed by atoms with Crippen LogP contribution in [0, 0.1) is 0 Å². The minimum atomic E-state index is -0.912. The van der Waals surface area contributed by atoms with Gasteiger partial charge in [0.15, 0.2) is 0 Å². The number of allylic oxidation sites excluding steroid dienone is 2. The van der Waals surface area contributed by atoms with Crippen LogP contribution in [-0.2, 0) is 23.9 Å². The van der Waals surface area contributed by atoms with E-state index in [4.69, 9.17) is 4.74 Å². The third kappa shape index (κ3) is 6.62. The second-order valence-electron chi connectivity index (χ2n) is 3.21. The summed E-state index contributed by atoms with van der Waals surface area (Å²) in [5.41, 5.74) is -0.326. The molecule has 0 aliphatic rings. The molecule has 0 spiro atoms. The fraction of sp³-hybridized carbons (Fsp3) is 0.154. The largest absolute Gasteiger partial charge is 0.508 e. The van der Waals surface area contributed by atoms with Crippen LogP contribution in [-0.4, -0.2) is 36.5 Å². The molecular formula is C13H14O6. The molecule has 0 heterocycles. The van der Waals surface area contributed by atoms with Gasteiger partial charge in [0.25, 0.3) is 0 Å². The Morgan fingerprint density at radius 2 is 1.74 bits per heavy atom. The summed E-state index contributed by atoms with van der Waals surface area (Å²) in [6.45, 7) is 9.31. The van der Waals surface area contributed by atoms with Crippen molar-refractivity contribution < 1.29 is 29.0 Å². The topological polar surface area (TPSA) is 89.9 Å². The van der Waals surface area contributed by atoms with E-state index < -0.39 is 17.7 Å². The quantitative estimate of drug-likeness (QED) is 0.176. The van der Waals surface area contributed by atoms with Gasteiger partial charge in [0.05, 0.1) is 0 Å². The molecule has 0 amide bonds. The van der Waals surface area contributed by atoms with Crippen molar-refractivity contribution in [2.24, 2.45) is 0 Å². The van der Waals surface area contributed by atoms with Gasteiger partial charge < -0.3 is 14.6 Å². The Labute approximate surface area is 110 Å². The third-order valence-electron chi connectivity index (χ3n) is 1.74. The van der Waals surface area contributed by atoms with Crippen LogP contribution in [0.25, 0.3) is 0 Å². The van der Waals surface area contributed by atoms with Crippen LogP contribution in [0.15, 0.2) is 48.8 Å². The van der Waals surface area contributed by atoms with Crippen molar-refractivity contribution in [1.82, 2.24) is 0 Å². The van der Waals surface area contributed by atoms with Crippen LogP contribution < -0.4 is 0 Å². The first-order chi connectivity index (χ1) is 8.92. The van der Waals surface area contributed by atoms with Crippen LogP contribution >= 0.6 is 0 Å². The van der Waals surface area contributed by atoms with E-state index in [0.717, 1.165) is 12.2 Å². The summed E-state index contributed by atoms with van der Waals surface area (Å²) in [6, 6.07) is 0. The number of carbonyl (C=O) groups excluding carboxylic acids is 3. The van der Waals surface area contributed by atoms with Gasteiger partial charge in [0.1, 0.15) is 30.8 Å².